The third-order valence-electron chi connectivity index (χ3n) is 5.24. The fraction of sp³-hybridized carbons (Fsp3) is 0.450. The molecule has 0 amide bonds. The molecule has 2 saturated heterocycles. The molecule has 2 aromatic heterocycles. The molecule has 3 aromatic rings. The van der Waals surface area contributed by atoms with Crippen molar-refractivity contribution in [2.75, 3.05) is 18.0 Å². The number of hydrogen-bond acceptors (Lipinski definition) is 6. The van der Waals surface area contributed by atoms with E-state index in [2.05, 4.69) is 25.1 Å². The molecule has 7 nitrogen and oxygen atoms in total. The summed E-state index contributed by atoms with van der Waals surface area (Å²) in [6, 6.07) is 5.03. The number of ether oxygens (including phenoxy) is 2. The maximum atomic E-state index is 14.3. The van der Waals surface area contributed by atoms with Gasteiger partial charge in [-0.1, -0.05) is 0 Å². The summed E-state index contributed by atoms with van der Waals surface area (Å²) in [6.45, 7) is 5.41. The van der Waals surface area contributed by atoms with Crippen molar-refractivity contribution >= 4 is 16.7 Å². The van der Waals surface area contributed by atoms with Crippen LogP contribution in [0.1, 0.15) is 26.7 Å². The van der Waals surface area contributed by atoms with Crippen molar-refractivity contribution < 1.29 is 13.9 Å². The zero-order valence-corrected chi connectivity index (χ0v) is 15.9. The summed E-state index contributed by atoms with van der Waals surface area (Å²) in [4.78, 5) is 11.1. The van der Waals surface area contributed by atoms with Gasteiger partial charge in [-0.25, -0.2) is 14.4 Å². The number of benzene rings is 1. The highest BCUT2D eigenvalue weighted by Crippen LogP contribution is 2.33. The van der Waals surface area contributed by atoms with Gasteiger partial charge in [0.05, 0.1) is 29.5 Å². The van der Waals surface area contributed by atoms with Crippen molar-refractivity contribution in [1.29, 1.82) is 0 Å². The number of nitrogens with one attached hydrogen (secondary N) is 1. The first kappa shape index (κ1) is 17.4. The average molecular weight is 383 g/mol. The third-order valence-corrected chi connectivity index (χ3v) is 5.24. The van der Waals surface area contributed by atoms with Crippen LogP contribution < -0.4 is 9.64 Å². The van der Waals surface area contributed by atoms with Crippen LogP contribution in [0, 0.1) is 5.82 Å². The summed E-state index contributed by atoms with van der Waals surface area (Å²) in [7, 11) is 0. The van der Waals surface area contributed by atoms with E-state index in [0.717, 1.165) is 37.1 Å². The minimum Gasteiger partial charge on any atom is -0.488 e. The van der Waals surface area contributed by atoms with Gasteiger partial charge in [0.15, 0.2) is 11.6 Å². The quantitative estimate of drug-likeness (QED) is 0.745. The standard InChI is InChI=1S/C20H22FN5O2/c1-11(2)27-18-5-14-16(6-15(18)21)24-25-20(14)17-7-19(23-10-22-17)26-8-12-3-4-13(9-26)28-12/h5-7,10-13H,3-4,8-9H2,1-2H3,(H,24,25). The normalized spacial score (nSPS) is 21.6. The average Bonchev–Trinajstić information content (AvgIpc) is 3.24. The molecule has 0 spiro atoms. The zero-order valence-electron chi connectivity index (χ0n) is 15.9. The number of aromatic amines is 1. The smallest absolute Gasteiger partial charge is 0.167 e. The van der Waals surface area contributed by atoms with Crippen LogP contribution in [0.15, 0.2) is 24.5 Å². The van der Waals surface area contributed by atoms with Crippen LogP contribution in [0.4, 0.5) is 10.2 Å². The van der Waals surface area contributed by atoms with Crippen molar-refractivity contribution in [3.05, 3.63) is 30.3 Å². The second kappa shape index (κ2) is 6.70. The molecule has 2 aliphatic rings. The molecule has 0 saturated carbocycles. The Morgan fingerprint density at radius 3 is 2.71 bits per heavy atom. The van der Waals surface area contributed by atoms with E-state index < -0.39 is 5.82 Å². The molecule has 2 bridgehead atoms. The molecule has 5 rings (SSSR count). The first-order chi connectivity index (χ1) is 13.6. The summed E-state index contributed by atoms with van der Waals surface area (Å²) >= 11 is 0. The van der Waals surface area contributed by atoms with Crippen LogP contribution >= 0.6 is 0 Å². The molecular weight excluding hydrogens is 361 g/mol. The predicted molar refractivity (Wildman–Crippen MR) is 103 cm³/mol. The van der Waals surface area contributed by atoms with E-state index in [1.165, 1.54) is 6.07 Å². The Labute approximate surface area is 161 Å². The summed E-state index contributed by atoms with van der Waals surface area (Å²) in [5, 5.41) is 8.03. The van der Waals surface area contributed by atoms with Crippen LogP contribution in [-0.2, 0) is 4.74 Å². The minimum absolute atomic E-state index is 0.121. The fourth-order valence-corrected chi connectivity index (χ4v) is 4.01. The van der Waals surface area contributed by atoms with Crippen LogP contribution in [-0.4, -0.2) is 51.6 Å². The lowest BCUT2D eigenvalue weighted by Gasteiger charge is -2.32. The molecule has 8 heteroatoms. The van der Waals surface area contributed by atoms with Gasteiger partial charge in [-0.05, 0) is 32.8 Å². The Hall–Kier alpha value is -2.74. The van der Waals surface area contributed by atoms with Gasteiger partial charge >= 0.3 is 0 Å². The Morgan fingerprint density at radius 1 is 1.18 bits per heavy atom. The van der Waals surface area contributed by atoms with E-state index in [1.807, 2.05) is 19.9 Å². The van der Waals surface area contributed by atoms with E-state index in [9.17, 15) is 4.39 Å². The van der Waals surface area contributed by atoms with E-state index in [1.54, 1.807) is 12.4 Å². The number of aromatic nitrogens is 4. The molecule has 2 unspecified atom stereocenters. The number of fused-ring (bicyclic) bond motifs is 3. The summed E-state index contributed by atoms with van der Waals surface area (Å²) in [5.41, 5.74) is 1.95. The van der Waals surface area contributed by atoms with Gasteiger partial charge in [-0.2, -0.15) is 5.10 Å². The molecule has 2 aliphatic heterocycles. The van der Waals surface area contributed by atoms with Gasteiger partial charge in [0.25, 0.3) is 0 Å². The van der Waals surface area contributed by atoms with Gasteiger partial charge < -0.3 is 14.4 Å². The Bertz CT molecular complexity index is 1010. The Morgan fingerprint density at radius 2 is 1.96 bits per heavy atom. The van der Waals surface area contributed by atoms with Gasteiger partial charge in [-0.15, -0.1) is 0 Å². The number of rotatable bonds is 4. The highest BCUT2D eigenvalue weighted by atomic mass is 19.1. The number of hydrogen-bond donors (Lipinski definition) is 1. The van der Waals surface area contributed by atoms with Crippen LogP contribution in [0.2, 0.25) is 0 Å². The second-order valence-corrected chi connectivity index (χ2v) is 7.69. The molecule has 0 aliphatic carbocycles. The number of anilines is 1. The Balaban J connectivity index is 1.51. The van der Waals surface area contributed by atoms with E-state index in [4.69, 9.17) is 9.47 Å². The van der Waals surface area contributed by atoms with E-state index in [-0.39, 0.29) is 24.1 Å². The molecule has 0 radical (unpaired) electrons. The first-order valence-electron chi connectivity index (χ1n) is 9.64. The topological polar surface area (TPSA) is 76.2 Å². The van der Waals surface area contributed by atoms with Crippen molar-refractivity contribution in [2.24, 2.45) is 0 Å². The number of nitrogens with zero attached hydrogens (tertiary/aromatic N) is 4. The molecule has 1 aromatic carbocycles. The van der Waals surface area contributed by atoms with Gasteiger partial charge in [0.1, 0.15) is 17.8 Å². The number of morpholine rings is 1. The molecule has 2 atom stereocenters. The lowest BCUT2D eigenvalue weighted by Crippen LogP contribution is -2.43. The van der Waals surface area contributed by atoms with E-state index >= 15 is 0 Å². The highest BCUT2D eigenvalue weighted by Gasteiger charge is 2.34. The minimum atomic E-state index is -0.413. The molecule has 4 heterocycles. The lowest BCUT2D eigenvalue weighted by molar-refractivity contribution is 0.0302. The summed E-state index contributed by atoms with van der Waals surface area (Å²) < 4.78 is 25.8. The highest BCUT2D eigenvalue weighted by molar-refractivity contribution is 5.93. The third kappa shape index (κ3) is 3.07. The van der Waals surface area contributed by atoms with Crippen LogP contribution in [0.25, 0.3) is 22.3 Å². The molecular formula is C20H22FN5O2. The zero-order chi connectivity index (χ0) is 19.3. The molecule has 2 fully saturated rings. The van der Waals surface area contributed by atoms with Crippen molar-refractivity contribution in [2.45, 2.75) is 45.0 Å². The molecule has 1 N–H and O–H groups in total. The molecule has 146 valence electrons. The van der Waals surface area contributed by atoms with Crippen molar-refractivity contribution in [1.82, 2.24) is 20.2 Å². The first-order valence-corrected chi connectivity index (χ1v) is 9.64. The lowest BCUT2D eigenvalue weighted by atomic mass is 10.1. The maximum absolute atomic E-state index is 14.3. The fourth-order valence-electron chi connectivity index (χ4n) is 4.01. The largest absolute Gasteiger partial charge is 0.488 e. The van der Waals surface area contributed by atoms with E-state index in [0.29, 0.717) is 16.9 Å². The van der Waals surface area contributed by atoms with Gasteiger partial charge in [0, 0.05) is 30.6 Å². The summed E-state index contributed by atoms with van der Waals surface area (Å²) in [5.74, 6) is 0.662. The number of H-pyrrole nitrogens is 1. The van der Waals surface area contributed by atoms with Gasteiger partial charge in [0.2, 0.25) is 0 Å². The second-order valence-electron chi connectivity index (χ2n) is 7.69. The van der Waals surface area contributed by atoms with Crippen molar-refractivity contribution in [3.63, 3.8) is 0 Å². The van der Waals surface area contributed by atoms with Crippen LogP contribution in [0.3, 0.4) is 0 Å². The van der Waals surface area contributed by atoms with Crippen molar-refractivity contribution in [3.8, 4) is 17.1 Å². The monoisotopic (exact) mass is 383 g/mol. The maximum Gasteiger partial charge on any atom is 0.167 e. The predicted octanol–water partition coefficient (Wildman–Crippen LogP) is 3.31. The SMILES string of the molecule is CC(C)Oc1cc2c(-c3cc(N4CC5CCC(C4)O5)ncn3)n[nH]c2cc1F. The number of halogens is 1. The molecule has 28 heavy (non-hydrogen) atoms. The van der Waals surface area contributed by atoms with Crippen LogP contribution in [0.5, 0.6) is 5.75 Å². The summed E-state index contributed by atoms with van der Waals surface area (Å²) in [6.07, 6.45) is 4.20. The Kier molecular flexibility index (Phi) is 4.16. The van der Waals surface area contributed by atoms with Gasteiger partial charge in [-0.3, -0.25) is 5.10 Å².